The lowest BCUT2D eigenvalue weighted by atomic mass is 10.0. The number of allylic oxidation sites excluding steroid dienone is 3. The van der Waals surface area contributed by atoms with E-state index in [-0.39, 0.29) is 19.1 Å². The fourth-order valence-corrected chi connectivity index (χ4v) is 12.6. The van der Waals surface area contributed by atoms with Crippen molar-refractivity contribution in [3.63, 3.8) is 0 Å². The summed E-state index contributed by atoms with van der Waals surface area (Å²) in [4.78, 5) is 23.4. The number of aliphatic hydroxyl groups excluding tert-OH is 1. The predicted molar refractivity (Wildman–Crippen MR) is 369 cm³/mol. The SMILES string of the molecule is CCCCCCCCCCCCCCCCCCCCCCCCCC/C=C/CC/C=C/C(O)C(COP(=O)(O)OCC[N+](C)(C)C)NC(=O)CCCCCCCCCCCCCCCCCCCCCCCCCCCCCCCCCC. The number of likely N-dealkylation sites (N-methyl/N-ethyl adjacent to an activating group) is 1. The molecule has 0 radical (unpaired) electrons. The molecule has 1 amide bonds. The highest BCUT2D eigenvalue weighted by molar-refractivity contribution is 7.47. The van der Waals surface area contributed by atoms with Gasteiger partial charge in [-0.05, 0) is 32.1 Å². The third-order valence-corrected chi connectivity index (χ3v) is 18.7. The van der Waals surface area contributed by atoms with Crippen molar-refractivity contribution in [3.05, 3.63) is 24.3 Å². The number of phosphoric ester groups is 1. The number of hydrogen-bond donors (Lipinski definition) is 3. The number of phosphoric acid groups is 1. The van der Waals surface area contributed by atoms with E-state index in [1.165, 1.54) is 340 Å². The summed E-state index contributed by atoms with van der Waals surface area (Å²) in [5.41, 5.74) is 0. The maximum atomic E-state index is 13.1. The van der Waals surface area contributed by atoms with Gasteiger partial charge in [0.2, 0.25) is 5.91 Å². The Balaban J connectivity index is 4.01. The van der Waals surface area contributed by atoms with Gasteiger partial charge in [-0.1, -0.05) is 385 Å². The van der Waals surface area contributed by atoms with Crippen molar-refractivity contribution < 1.29 is 32.9 Å². The average Bonchev–Trinajstić information content (AvgIpc) is 3.56. The van der Waals surface area contributed by atoms with Crippen LogP contribution < -0.4 is 5.32 Å². The Morgan fingerprint density at radius 1 is 0.393 bits per heavy atom. The number of aliphatic hydroxyl groups is 1. The minimum Gasteiger partial charge on any atom is -0.387 e. The molecule has 500 valence electrons. The first-order valence-electron chi connectivity index (χ1n) is 37.7. The zero-order valence-corrected chi connectivity index (χ0v) is 58.3. The number of hydrogen-bond acceptors (Lipinski definition) is 5. The molecule has 0 aliphatic carbocycles. The maximum Gasteiger partial charge on any atom is 0.472 e. The van der Waals surface area contributed by atoms with E-state index in [1.807, 2.05) is 27.2 Å². The van der Waals surface area contributed by atoms with Gasteiger partial charge >= 0.3 is 7.82 Å². The molecule has 3 atom stereocenters. The standard InChI is InChI=1S/C75H149N2O6P/c1-6-8-10-12-14-16-18-20-22-24-26-28-30-32-34-36-38-39-41-43-45-47-49-51-53-55-57-59-61-63-65-67-69-75(79)76-73(72-83-84(80,81)82-71-70-77(3,4)5)74(78)68-66-64-62-60-58-56-54-52-50-48-46-44-42-40-37-35-33-31-29-27-25-23-21-19-17-15-13-11-9-7-2/h58,60,66,68,73-74,78H,6-57,59,61-65,67,69-72H2,1-5H3,(H-,76,79,80,81)/p+1/b60-58+,68-66+. The van der Waals surface area contributed by atoms with Crippen LogP contribution in [0.25, 0.3) is 0 Å². The summed E-state index contributed by atoms with van der Waals surface area (Å²) in [6.07, 6.45) is 87.9. The van der Waals surface area contributed by atoms with Gasteiger partial charge in [0.1, 0.15) is 13.2 Å². The summed E-state index contributed by atoms with van der Waals surface area (Å²) >= 11 is 0. The monoisotopic (exact) mass is 1210 g/mol. The van der Waals surface area contributed by atoms with Crippen molar-refractivity contribution in [3.8, 4) is 0 Å². The number of rotatable bonds is 71. The molecule has 0 heterocycles. The van der Waals surface area contributed by atoms with Crippen LogP contribution in [0.2, 0.25) is 0 Å². The van der Waals surface area contributed by atoms with Gasteiger partial charge in [-0.3, -0.25) is 13.8 Å². The van der Waals surface area contributed by atoms with Gasteiger partial charge in [-0.2, -0.15) is 0 Å². The fourth-order valence-electron chi connectivity index (χ4n) is 11.8. The van der Waals surface area contributed by atoms with Gasteiger partial charge in [0, 0.05) is 6.42 Å². The first kappa shape index (κ1) is 83.0. The van der Waals surface area contributed by atoms with Gasteiger partial charge in [0.15, 0.2) is 0 Å². The summed E-state index contributed by atoms with van der Waals surface area (Å²) in [5, 5.41) is 14.0. The van der Waals surface area contributed by atoms with Gasteiger partial charge < -0.3 is 19.8 Å². The Kier molecular flexibility index (Phi) is 65.6. The summed E-state index contributed by atoms with van der Waals surface area (Å²) in [5.74, 6) is -0.177. The van der Waals surface area contributed by atoms with Crippen LogP contribution >= 0.6 is 7.82 Å². The molecule has 0 aromatic rings. The summed E-state index contributed by atoms with van der Waals surface area (Å²) in [7, 11) is 1.58. The number of carbonyl (C=O) groups excluding carboxylic acids is 1. The van der Waals surface area contributed by atoms with Crippen LogP contribution in [-0.2, 0) is 18.4 Å². The molecule has 0 saturated heterocycles. The molecule has 0 spiro atoms. The van der Waals surface area contributed by atoms with Crippen molar-refractivity contribution in [2.45, 2.75) is 411 Å². The second-order valence-electron chi connectivity index (χ2n) is 27.4. The number of unbranched alkanes of at least 4 members (excludes halogenated alkanes) is 56. The first-order chi connectivity index (χ1) is 41.0. The molecule has 9 heteroatoms. The van der Waals surface area contributed by atoms with Gasteiger partial charge in [-0.15, -0.1) is 0 Å². The zero-order chi connectivity index (χ0) is 61.2. The van der Waals surface area contributed by atoms with Crippen molar-refractivity contribution in [2.24, 2.45) is 0 Å². The van der Waals surface area contributed by atoms with Crippen molar-refractivity contribution in [1.82, 2.24) is 5.32 Å². The molecular weight excluding hydrogens is 1060 g/mol. The molecule has 0 aliphatic rings. The van der Waals surface area contributed by atoms with Crippen LogP contribution in [0.4, 0.5) is 0 Å². The molecule has 0 aromatic carbocycles. The molecule has 0 rings (SSSR count). The topological polar surface area (TPSA) is 105 Å². The van der Waals surface area contributed by atoms with Gasteiger partial charge in [-0.25, -0.2) is 4.57 Å². The molecule has 0 aliphatic heterocycles. The fraction of sp³-hybridized carbons (Fsp3) is 0.933. The molecule has 0 fully saturated rings. The Bertz CT molecular complexity index is 1420. The Morgan fingerprint density at radius 2 is 0.655 bits per heavy atom. The molecule has 3 N–H and O–H groups in total. The zero-order valence-electron chi connectivity index (χ0n) is 57.4. The largest absolute Gasteiger partial charge is 0.472 e. The Hall–Kier alpha value is -1.02. The summed E-state index contributed by atoms with van der Waals surface area (Å²) in [6, 6.07) is -0.862. The highest BCUT2D eigenvalue weighted by Crippen LogP contribution is 2.43. The van der Waals surface area contributed by atoms with Crippen LogP contribution in [0.15, 0.2) is 24.3 Å². The molecule has 3 unspecified atom stereocenters. The highest BCUT2D eigenvalue weighted by atomic mass is 31.2. The molecule has 84 heavy (non-hydrogen) atoms. The van der Waals surface area contributed by atoms with E-state index in [9.17, 15) is 19.4 Å². The molecule has 0 bridgehead atoms. The average molecular weight is 1210 g/mol. The van der Waals surface area contributed by atoms with E-state index in [2.05, 4.69) is 31.3 Å². The minimum atomic E-state index is -4.36. The lowest BCUT2D eigenvalue weighted by Gasteiger charge is -2.25. The van der Waals surface area contributed by atoms with E-state index >= 15 is 0 Å². The molecule has 0 saturated carbocycles. The van der Waals surface area contributed by atoms with Crippen LogP contribution in [-0.4, -0.2) is 73.4 Å². The molecular formula is C75H150N2O6P+. The lowest BCUT2D eigenvalue weighted by molar-refractivity contribution is -0.870. The first-order valence-corrected chi connectivity index (χ1v) is 39.2. The summed E-state index contributed by atoms with van der Waals surface area (Å²) in [6.45, 7) is 4.87. The third kappa shape index (κ3) is 68.5. The number of quaternary nitrogens is 1. The van der Waals surface area contributed by atoms with E-state index in [0.29, 0.717) is 17.4 Å². The Labute approximate surface area is 525 Å². The number of carbonyl (C=O) groups is 1. The second-order valence-corrected chi connectivity index (χ2v) is 28.8. The van der Waals surface area contributed by atoms with E-state index < -0.39 is 20.0 Å². The number of amides is 1. The maximum absolute atomic E-state index is 13.1. The van der Waals surface area contributed by atoms with E-state index in [4.69, 9.17) is 9.05 Å². The normalized spacial score (nSPS) is 13.7. The highest BCUT2D eigenvalue weighted by Gasteiger charge is 2.28. The van der Waals surface area contributed by atoms with Crippen molar-refractivity contribution in [1.29, 1.82) is 0 Å². The predicted octanol–water partition coefficient (Wildman–Crippen LogP) is 24.2. The lowest BCUT2D eigenvalue weighted by Crippen LogP contribution is -2.45. The number of nitrogens with zero attached hydrogens (tertiary/aromatic N) is 1. The Morgan fingerprint density at radius 3 is 0.952 bits per heavy atom. The van der Waals surface area contributed by atoms with Crippen LogP contribution in [0, 0.1) is 0 Å². The van der Waals surface area contributed by atoms with E-state index in [1.54, 1.807) is 6.08 Å². The van der Waals surface area contributed by atoms with Gasteiger partial charge in [0.05, 0.1) is 39.9 Å². The smallest absolute Gasteiger partial charge is 0.387 e. The van der Waals surface area contributed by atoms with Crippen molar-refractivity contribution in [2.75, 3.05) is 40.9 Å². The molecule has 0 aromatic heterocycles. The molecule has 8 nitrogen and oxygen atoms in total. The minimum absolute atomic E-state index is 0.0592. The van der Waals surface area contributed by atoms with Crippen molar-refractivity contribution >= 4 is 13.7 Å². The number of nitrogens with one attached hydrogen (secondary N) is 1. The van der Waals surface area contributed by atoms with Gasteiger partial charge in [0.25, 0.3) is 0 Å². The second kappa shape index (κ2) is 66.4. The quantitative estimate of drug-likeness (QED) is 0.0243. The van der Waals surface area contributed by atoms with Crippen LogP contribution in [0.5, 0.6) is 0 Å². The van der Waals surface area contributed by atoms with Crippen LogP contribution in [0.3, 0.4) is 0 Å². The van der Waals surface area contributed by atoms with Crippen LogP contribution in [0.1, 0.15) is 399 Å². The van der Waals surface area contributed by atoms with E-state index in [0.717, 1.165) is 38.5 Å². The third-order valence-electron chi connectivity index (χ3n) is 17.7. The summed E-state index contributed by atoms with van der Waals surface area (Å²) < 4.78 is 23.8.